The van der Waals surface area contributed by atoms with Crippen molar-refractivity contribution in [3.05, 3.63) is 229 Å². The molecule has 0 bridgehead atoms. The molecule has 0 atom stereocenters. The van der Waals surface area contributed by atoms with E-state index in [4.69, 9.17) is 23.1 Å². The molecule has 0 aliphatic heterocycles. The molecule has 0 saturated heterocycles. The van der Waals surface area contributed by atoms with E-state index in [2.05, 4.69) is 122 Å². The summed E-state index contributed by atoms with van der Waals surface area (Å²) in [5.41, 5.74) is 12.7. The zero-order valence-corrected chi connectivity index (χ0v) is 33.2. The van der Waals surface area contributed by atoms with Crippen molar-refractivity contribution in [3.63, 3.8) is 0 Å². The van der Waals surface area contributed by atoms with E-state index in [1.807, 2.05) is 91.0 Å². The number of rotatable bonds is 8. The fourth-order valence-electron chi connectivity index (χ4n) is 8.22. The van der Waals surface area contributed by atoms with Crippen LogP contribution in [0.4, 0.5) is 28.4 Å². The van der Waals surface area contributed by atoms with Gasteiger partial charge in [-0.05, 0) is 77.9 Å². The van der Waals surface area contributed by atoms with E-state index >= 15 is 0 Å². The molecule has 10 rings (SSSR count). The van der Waals surface area contributed by atoms with Crippen molar-refractivity contribution >= 4 is 50.2 Å². The largest absolute Gasteiger partial charge is 0.310 e. The van der Waals surface area contributed by atoms with Gasteiger partial charge in [0.2, 0.25) is 0 Å². The molecule has 2 aromatic heterocycles. The molecule has 0 aliphatic rings. The molecular weight excluding hydrogens is 759 g/mol. The average Bonchev–Trinajstić information content (AvgIpc) is 3.68. The smallest absolute Gasteiger partial charge is 0.198 e. The summed E-state index contributed by atoms with van der Waals surface area (Å²) >= 11 is 0. The minimum Gasteiger partial charge on any atom is -0.310 e. The second kappa shape index (κ2) is 15.9. The van der Waals surface area contributed by atoms with Crippen LogP contribution < -0.4 is 4.90 Å². The van der Waals surface area contributed by atoms with Gasteiger partial charge < -0.3 is 9.47 Å². The Labute approximate surface area is 359 Å². The third kappa shape index (κ3) is 6.67. The maximum absolute atomic E-state index is 10.6. The molecule has 2 heterocycles. The summed E-state index contributed by atoms with van der Waals surface area (Å²) in [6.45, 7) is 15.6. The summed E-state index contributed by atoms with van der Waals surface area (Å²) < 4.78 is 2.24. The van der Waals surface area contributed by atoms with Crippen LogP contribution in [-0.2, 0) is 0 Å². The highest BCUT2D eigenvalue weighted by molar-refractivity contribution is 6.10. The van der Waals surface area contributed by atoms with Gasteiger partial charge in [-0.15, -0.1) is 0 Å². The second-order valence-corrected chi connectivity index (χ2v) is 14.7. The SMILES string of the molecule is [C-]#[N+]c1ccccc1-c1cc(-c2ccc(-c3ccc(-n4c5ccccc5c5cc(N(c6ccccc6)c6ccccc6)ccc54)cc3C#N)cc2)nc(-c2ccccc2[N+]#[C-])n1. The first-order valence-electron chi connectivity index (χ1n) is 20.0. The van der Waals surface area contributed by atoms with Crippen LogP contribution in [0.3, 0.4) is 0 Å². The fourth-order valence-corrected chi connectivity index (χ4v) is 8.22. The Hall–Kier alpha value is -9.09. The standard InChI is InChI=1S/C55H33N7/c1-57-49-22-12-9-20-46(49)52-35-51(59-55(60-52)47-21-10-13-23-50(47)58-2)38-27-25-37(26-28-38)44-31-29-42(33-39(44)36-56)62-53-24-14-11-19-45(53)48-34-43(30-32-54(48)62)61(40-15-5-3-6-16-40)41-17-7-4-8-18-41/h3-35H. The average molecular weight is 792 g/mol. The number of nitrogens with zero attached hydrogens (tertiary/aromatic N) is 7. The van der Waals surface area contributed by atoms with Gasteiger partial charge in [0, 0.05) is 50.2 Å². The van der Waals surface area contributed by atoms with E-state index < -0.39 is 0 Å². The zero-order valence-electron chi connectivity index (χ0n) is 33.2. The first-order valence-corrected chi connectivity index (χ1v) is 20.0. The van der Waals surface area contributed by atoms with Gasteiger partial charge in [0.25, 0.3) is 0 Å². The summed E-state index contributed by atoms with van der Waals surface area (Å²) in [6.07, 6.45) is 0. The molecule has 10 aromatic rings. The molecule has 0 radical (unpaired) electrons. The first kappa shape index (κ1) is 37.2. The van der Waals surface area contributed by atoms with Gasteiger partial charge in [-0.2, -0.15) is 5.26 Å². The van der Waals surface area contributed by atoms with Gasteiger partial charge in [0.1, 0.15) is 5.82 Å². The monoisotopic (exact) mass is 791 g/mol. The minimum atomic E-state index is 0.404. The Kier molecular flexibility index (Phi) is 9.56. The van der Waals surface area contributed by atoms with E-state index in [1.165, 1.54) is 0 Å². The number of fused-ring (bicyclic) bond motifs is 3. The van der Waals surface area contributed by atoms with Crippen molar-refractivity contribution in [2.45, 2.75) is 0 Å². The van der Waals surface area contributed by atoms with E-state index in [0.717, 1.165) is 61.2 Å². The number of anilines is 3. The van der Waals surface area contributed by atoms with Gasteiger partial charge in [0.05, 0.1) is 47.2 Å². The Morgan fingerprint density at radius 3 is 1.74 bits per heavy atom. The lowest BCUT2D eigenvalue weighted by atomic mass is 9.97. The Bertz CT molecular complexity index is 3330. The van der Waals surface area contributed by atoms with Crippen LogP contribution >= 0.6 is 0 Å². The summed E-state index contributed by atoms with van der Waals surface area (Å²) in [4.78, 5) is 19.5. The van der Waals surface area contributed by atoms with Crippen molar-refractivity contribution in [3.8, 4) is 56.8 Å². The minimum absolute atomic E-state index is 0.404. The summed E-state index contributed by atoms with van der Waals surface area (Å²) in [5.74, 6) is 0.404. The molecule has 62 heavy (non-hydrogen) atoms. The van der Waals surface area contributed by atoms with Crippen molar-refractivity contribution in [2.24, 2.45) is 0 Å². The van der Waals surface area contributed by atoms with Gasteiger partial charge in [-0.25, -0.2) is 19.7 Å². The van der Waals surface area contributed by atoms with Crippen LogP contribution in [0.1, 0.15) is 5.56 Å². The predicted octanol–water partition coefficient (Wildman–Crippen LogP) is 14.7. The lowest BCUT2D eigenvalue weighted by molar-refractivity contribution is 1.18. The molecule has 0 N–H and O–H groups in total. The van der Waals surface area contributed by atoms with Crippen LogP contribution in [0.25, 0.3) is 82.2 Å². The second-order valence-electron chi connectivity index (χ2n) is 14.7. The Morgan fingerprint density at radius 1 is 0.468 bits per heavy atom. The third-order valence-corrected chi connectivity index (χ3v) is 11.1. The molecular formula is C55H33N7. The zero-order chi connectivity index (χ0) is 42.0. The van der Waals surface area contributed by atoms with Crippen molar-refractivity contribution in [1.29, 1.82) is 5.26 Å². The highest BCUT2D eigenvalue weighted by atomic mass is 15.1. The molecule has 0 unspecified atom stereocenters. The molecule has 0 fully saturated rings. The van der Waals surface area contributed by atoms with Gasteiger partial charge >= 0.3 is 0 Å². The van der Waals surface area contributed by atoms with E-state index in [1.54, 1.807) is 12.1 Å². The lowest BCUT2D eigenvalue weighted by Crippen LogP contribution is -2.09. The molecule has 8 aromatic carbocycles. The first-order chi connectivity index (χ1) is 30.6. The van der Waals surface area contributed by atoms with Gasteiger partial charge in [0.15, 0.2) is 11.4 Å². The topological polar surface area (TPSA) is 66.5 Å². The van der Waals surface area contributed by atoms with Crippen LogP contribution in [-0.4, -0.2) is 14.5 Å². The number of benzene rings is 8. The van der Waals surface area contributed by atoms with Crippen LogP contribution in [0.5, 0.6) is 0 Å². The number of aromatic nitrogens is 3. The summed E-state index contributed by atoms with van der Waals surface area (Å²) in [5, 5.41) is 12.8. The molecule has 0 amide bonds. The lowest BCUT2D eigenvalue weighted by Gasteiger charge is -2.25. The molecule has 0 aliphatic carbocycles. The molecule has 0 saturated carbocycles. The van der Waals surface area contributed by atoms with Gasteiger partial charge in [-0.3, -0.25) is 0 Å². The van der Waals surface area contributed by atoms with Crippen molar-refractivity contribution in [1.82, 2.24) is 14.5 Å². The molecule has 288 valence electrons. The Morgan fingerprint density at radius 2 is 1.05 bits per heavy atom. The maximum atomic E-state index is 10.6. The van der Waals surface area contributed by atoms with Crippen LogP contribution in [0.2, 0.25) is 0 Å². The number of hydrogen-bond donors (Lipinski definition) is 0. The number of para-hydroxylation sites is 5. The molecule has 0 spiro atoms. The highest BCUT2D eigenvalue weighted by Gasteiger charge is 2.19. The van der Waals surface area contributed by atoms with Crippen molar-refractivity contribution < 1.29 is 0 Å². The van der Waals surface area contributed by atoms with E-state index in [0.29, 0.717) is 45.3 Å². The predicted molar refractivity (Wildman–Crippen MR) is 250 cm³/mol. The Balaban J connectivity index is 1.04. The summed E-state index contributed by atoms with van der Waals surface area (Å²) in [6, 6.07) is 68.8. The van der Waals surface area contributed by atoms with E-state index in [9.17, 15) is 5.26 Å². The number of nitriles is 1. The van der Waals surface area contributed by atoms with Crippen molar-refractivity contribution in [2.75, 3.05) is 4.90 Å². The summed E-state index contributed by atoms with van der Waals surface area (Å²) in [7, 11) is 0. The maximum Gasteiger partial charge on any atom is 0.198 e. The van der Waals surface area contributed by atoms with Gasteiger partial charge in [-0.1, -0.05) is 133 Å². The van der Waals surface area contributed by atoms with E-state index in [-0.39, 0.29) is 0 Å². The number of hydrogen-bond acceptors (Lipinski definition) is 4. The fraction of sp³-hybridized carbons (Fsp3) is 0. The van der Waals surface area contributed by atoms with Crippen LogP contribution in [0.15, 0.2) is 200 Å². The molecule has 7 nitrogen and oxygen atoms in total. The highest BCUT2D eigenvalue weighted by Crippen LogP contribution is 2.41. The molecule has 7 heteroatoms. The third-order valence-electron chi connectivity index (χ3n) is 11.1. The quantitative estimate of drug-likeness (QED) is 0.144. The van der Waals surface area contributed by atoms with Crippen LogP contribution in [0, 0.1) is 24.5 Å². The normalized spacial score (nSPS) is 10.9.